The van der Waals surface area contributed by atoms with Gasteiger partial charge in [-0.05, 0) is 25.1 Å². The maximum Gasteiger partial charge on any atom is 0.154 e. The van der Waals surface area contributed by atoms with Gasteiger partial charge in [0.2, 0.25) is 0 Å². The molecule has 0 saturated heterocycles. The molecular weight excluding hydrogens is 256 g/mol. The SMILES string of the molecule is CCCNCc1nc(-c2cc3ccccc3o2)cs1. The Morgan fingerprint density at radius 1 is 1.32 bits per heavy atom. The average molecular weight is 272 g/mol. The molecular formula is C15H16N2OS. The lowest BCUT2D eigenvalue weighted by Gasteiger charge is -1.97. The molecule has 4 heteroatoms. The van der Waals surface area contributed by atoms with E-state index in [4.69, 9.17) is 4.42 Å². The van der Waals surface area contributed by atoms with Crippen LogP contribution < -0.4 is 5.32 Å². The van der Waals surface area contributed by atoms with E-state index in [9.17, 15) is 0 Å². The summed E-state index contributed by atoms with van der Waals surface area (Å²) in [6.45, 7) is 4.02. The number of benzene rings is 1. The molecule has 0 spiro atoms. The van der Waals surface area contributed by atoms with Crippen LogP contribution in [0.25, 0.3) is 22.4 Å². The first kappa shape index (κ1) is 12.4. The third kappa shape index (κ3) is 2.69. The highest BCUT2D eigenvalue weighted by Gasteiger charge is 2.09. The molecule has 3 nitrogen and oxygen atoms in total. The van der Waals surface area contributed by atoms with Crippen LogP contribution in [0, 0.1) is 0 Å². The lowest BCUT2D eigenvalue weighted by Crippen LogP contribution is -2.13. The number of nitrogens with one attached hydrogen (secondary N) is 1. The van der Waals surface area contributed by atoms with Crippen molar-refractivity contribution < 1.29 is 4.42 Å². The predicted molar refractivity (Wildman–Crippen MR) is 79.3 cm³/mol. The van der Waals surface area contributed by atoms with Gasteiger partial charge in [0.1, 0.15) is 16.3 Å². The summed E-state index contributed by atoms with van der Waals surface area (Å²) in [7, 11) is 0. The second-order valence-electron chi connectivity index (χ2n) is 4.45. The number of fused-ring (bicyclic) bond motifs is 1. The highest BCUT2D eigenvalue weighted by atomic mass is 32.1. The third-order valence-corrected chi connectivity index (χ3v) is 3.78. The van der Waals surface area contributed by atoms with Gasteiger partial charge in [0.15, 0.2) is 5.76 Å². The van der Waals surface area contributed by atoms with Crippen molar-refractivity contribution in [2.75, 3.05) is 6.54 Å². The maximum atomic E-state index is 5.82. The summed E-state index contributed by atoms with van der Waals surface area (Å²) in [5.41, 5.74) is 1.84. The highest BCUT2D eigenvalue weighted by molar-refractivity contribution is 7.09. The van der Waals surface area contributed by atoms with Gasteiger partial charge in [0.25, 0.3) is 0 Å². The summed E-state index contributed by atoms with van der Waals surface area (Å²) in [5, 5.41) is 7.64. The Morgan fingerprint density at radius 2 is 2.21 bits per heavy atom. The van der Waals surface area contributed by atoms with Crippen LogP contribution in [-0.4, -0.2) is 11.5 Å². The number of rotatable bonds is 5. The Hall–Kier alpha value is -1.65. The van der Waals surface area contributed by atoms with Gasteiger partial charge in [0.05, 0.1) is 0 Å². The molecule has 1 N–H and O–H groups in total. The van der Waals surface area contributed by atoms with Crippen LogP contribution in [0.3, 0.4) is 0 Å². The minimum atomic E-state index is 0.832. The van der Waals surface area contributed by atoms with E-state index in [2.05, 4.69) is 28.7 Å². The number of thiazole rings is 1. The van der Waals surface area contributed by atoms with Crippen molar-refractivity contribution in [2.45, 2.75) is 19.9 Å². The van der Waals surface area contributed by atoms with Crippen molar-refractivity contribution in [1.82, 2.24) is 10.3 Å². The van der Waals surface area contributed by atoms with E-state index in [-0.39, 0.29) is 0 Å². The summed E-state index contributed by atoms with van der Waals surface area (Å²) in [4.78, 5) is 4.61. The Kier molecular flexibility index (Phi) is 3.62. The Morgan fingerprint density at radius 3 is 3.05 bits per heavy atom. The molecule has 1 aromatic carbocycles. The van der Waals surface area contributed by atoms with Gasteiger partial charge in [-0.1, -0.05) is 25.1 Å². The van der Waals surface area contributed by atoms with Gasteiger partial charge in [-0.2, -0.15) is 0 Å². The quantitative estimate of drug-likeness (QED) is 0.712. The molecule has 3 aromatic rings. The molecule has 19 heavy (non-hydrogen) atoms. The Bertz CT molecular complexity index is 638. The fourth-order valence-electron chi connectivity index (χ4n) is 1.99. The first-order valence-electron chi connectivity index (χ1n) is 6.51. The molecule has 2 heterocycles. The molecule has 0 aliphatic carbocycles. The van der Waals surface area contributed by atoms with E-state index in [1.807, 2.05) is 24.3 Å². The number of hydrogen-bond acceptors (Lipinski definition) is 4. The van der Waals surface area contributed by atoms with Crippen molar-refractivity contribution >= 4 is 22.3 Å². The molecule has 0 atom stereocenters. The molecule has 98 valence electrons. The van der Waals surface area contributed by atoms with Gasteiger partial charge in [-0.3, -0.25) is 0 Å². The number of aromatic nitrogens is 1. The molecule has 0 bridgehead atoms. The monoisotopic (exact) mass is 272 g/mol. The summed E-state index contributed by atoms with van der Waals surface area (Å²) in [6.07, 6.45) is 1.14. The van der Waals surface area contributed by atoms with Gasteiger partial charge >= 0.3 is 0 Å². The molecule has 0 aliphatic rings. The summed E-state index contributed by atoms with van der Waals surface area (Å²) in [6, 6.07) is 10.1. The Balaban J connectivity index is 1.81. The van der Waals surface area contributed by atoms with Crippen molar-refractivity contribution in [3.63, 3.8) is 0 Å². The van der Waals surface area contributed by atoms with Crippen LogP contribution >= 0.6 is 11.3 Å². The van der Waals surface area contributed by atoms with Crippen LogP contribution in [0.5, 0.6) is 0 Å². The fourth-order valence-corrected chi connectivity index (χ4v) is 2.74. The van der Waals surface area contributed by atoms with E-state index in [0.717, 1.165) is 46.9 Å². The van der Waals surface area contributed by atoms with Crippen molar-refractivity contribution in [1.29, 1.82) is 0 Å². The average Bonchev–Trinajstić information content (AvgIpc) is 3.04. The zero-order chi connectivity index (χ0) is 13.1. The lowest BCUT2D eigenvalue weighted by atomic mass is 10.2. The number of para-hydroxylation sites is 1. The number of hydrogen-bond donors (Lipinski definition) is 1. The molecule has 2 aromatic heterocycles. The van der Waals surface area contributed by atoms with Crippen molar-refractivity contribution in [2.24, 2.45) is 0 Å². The second-order valence-corrected chi connectivity index (χ2v) is 5.39. The van der Waals surface area contributed by atoms with Crippen molar-refractivity contribution in [3.05, 3.63) is 40.7 Å². The molecule has 3 rings (SSSR count). The van der Waals surface area contributed by atoms with Crippen LogP contribution in [0.15, 0.2) is 40.1 Å². The molecule has 0 unspecified atom stereocenters. The van der Waals surface area contributed by atoms with E-state index >= 15 is 0 Å². The zero-order valence-corrected chi connectivity index (χ0v) is 11.7. The number of furan rings is 1. The smallest absolute Gasteiger partial charge is 0.154 e. The van der Waals surface area contributed by atoms with Gasteiger partial charge in [-0.15, -0.1) is 11.3 Å². The van der Waals surface area contributed by atoms with Gasteiger partial charge < -0.3 is 9.73 Å². The maximum absolute atomic E-state index is 5.82. The molecule has 0 aliphatic heterocycles. The second kappa shape index (κ2) is 5.55. The first-order chi connectivity index (χ1) is 9.36. The van der Waals surface area contributed by atoms with Gasteiger partial charge in [0, 0.05) is 17.3 Å². The summed E-state index contributed by atoms with van der Waals surface area (Å²) in [5.74, 6) is 0.846. The van der Waals surface area contributed by atoms with Crippen LogP contribution in [0.2, 0.25) is 0 Å². The van der Waals surface area contributed by atoms with Crippen LogP contribution in [0.4, 0.5) is 0 Å². The normalized spacial score (nSPS) is 11.2. The molecule has 0 radical (unpaired) electrons. The minimum Gasteiger partial charge on any atom is -0.454 e. The Labute approximate surface area is 116 Å². The topological polar surface area (TPSA) is 38.1 Å². The largest absolute Gasteiger partial charge is 0.454 e. The molecule has 0 saturated carbocycles. The van der Waals surface area contributed by atoms with Crippen molar-refractivity contribution in [3.8, 4) is 11.5 Å². The zero-order valence-electron chi connectivity index (χ0n) is 10.8. The standard InChI is InChI=1S/C15H16N2OS/c1-2-7-16-9-15-17-12(10-19-15)14-8-11-5-3-4-6-13(11)18-14/h3-6,8,10,16H,2,7,9H2,1H3. The van der Waals surface area contributed by atoms with Crippen LogP contribution in [0.1, 0.15) is 18.4 Å². The van der Waals surface area contributed by atoms with Crippen LogP contribution in [-0.2, 0) is 6.54 Å². The highest BCUT2D eigenvalue weighted by Crippen LogP contribution is 2.28. The lowest BCUT2D eigenvalue weighted by molar-refractivity contribution is 0.628. The molecule has 0 fully saturated rings. The first-order valence-corrected chi connectivity index (χ1v) is 7.39. The van der Waals surface area contributed by atoms with E-state index in [1.165, 1.54) is 0 Å². The summed E-state index contributed by atoms with van der Waals surface area (Å²) >= 11 is 1.67. The molecule has 0 amide bonds. The third-order valence-electron chi connectivity index (χ3n) is 2.93. The van der Waals surface area contributed by atoms with Gasteiger partial charge in [-0.25, -0.2) is 4.98 Å². The summed E-state index contributed by atoms with van der Waals surface area (Å²) < 4.78 is 5.82. The number of nitrogens with zero attached hydrogens (tertiary/aromatic N) is 1. The minimum absolute atomic E-state index is 0.832. The predicted octanol–water partition coefficient (Wildman–Crippen LogP) is 4.06. The fraction of sp³-hybridized carbons (Fsp3) is 0.267. The van der Waals surface area contributed by atoms with E-state index < -0.39 is 0 Å². The van der Waals surface area contributed by atoms with E-state index in [0.29, 0.717) is 0 Å². The van der Waals surface area contributed by atoms with E-state index in [1.54, 1.807) is 11.3 Å².